The van der Waals surface area contributed by atoms with Gasteiger partial charge in [-0.3, -0.25) is 9.36 Å². The quantitative estimate of drug-likeness (QED) is 0.413. The van der Waals surface area contributed by atoms with E-state index in [-0.39, 0.29) is 5.91 Å². The average molecular weight is 451 g/mol. The Morgan fingerprint density at radius 2 is 1.74 bits per heavy atom. The fourth-order valence-corrected chi connectivity index (χ4v) is 4.24. The summed E-state index contributed by atoms with van der Waals surface area (Å²) < 4.78 is 7.42. The lowest BCUT2D eigenvalue weighted by Crippen LogP contribution is -2.49. The maximum Gasteiger partial charge on any atom is 0.254 e. The highest BCUT2D eigenvalue weighted by molar-refractivity contribution is 6.01. The van der Waals surface area contributed by atoms with E-state index in [4.69, 9.17) is 4.52 Å². The molecule has 34 heavy (non-hydrogen) atoms. The molecule has 1 aliphatic rings. The number of amides is 1. The van der Waals surface area contributed by atoms with Gasteiger partial charge in [0.15, 0.2) is 5.76 Å². The molecule has 0 spiro atoms. The molecule has 0 aliphatic carbocycles. The Balaban J connectivity index is 1.18. The maximum absolute atomic E-state index is 13.3. The van der Waals surface area contributed by atoms with E-state index >= 15 is 0 Å². The largest absolute Gasteiger partial charge is 0.355 e. The van der Waals surface area contributed by atoms with Crippen molar-refractivity contribution in [1.29, 1.82) is 0 Å². The summed E-state index contributed by atoms with van der Waals surface area (Å²) in [6, 6.07) is 17.3. The second-order valence-electron chi connectivity index (χ2n) is 8.09. The van der Waals surface area contributed by atoms with E-state index in [1.54, 1.807) is 18.9 Å². The number of hydrogen-bond acceptors (Lipinski definition) is 7. The summed E-state index contributed by atoms with van der Waals surface area (Å²) in [5.41, 5.74) is 2.30. The molecule has 0 unspecified atom stereocenters. The first kappa shape index (κ1) is 20.1. The molecular weight excluding hydrogens is 430 g/mol. The van der Waals surface area contributed by atoms with Crippen LogP contribution in [0.3, 0.4) is 0 Å². The van der Waals surface area contributed by atoms with Crippen molar-refractivity contribution in [3.05, 3.63) is 85.2 Å². The monoisotopic (exact) mass is 451 g/mol. The number of anilines is 1. The zero-order valence-electron chi connectivity index (χ0n) is 18.3. The summed E-state index contributed by atoms with van der Waals surface area (Å²) in [6.07, 6.45) is 6.82. The summed E-state index contributed by atoms with van der Waals surface area (Å²) >= 11 is 0. The van der Waals surface area contributed by atoms with Crippen molar-refractivity contribution in [2.45, 2.75) is 0 Å². The molecule has 5 aromatic rings. The van der Waals surface area contributed by atoms with Gasteiger partial charge in [0.1, 0.15) is 29.8 Å². The van der Waals surface area contributed by atoms with Crippen LogP contribution >= 0.6 is 0 Å². The van der Waals surface area contributed by atoms with Gasteiger partial charge in [-0.1, -0.05) is 35.5 Å². The summed E-state index contributed by atoms with van der Waals surface area (Å²) in [7, 11) is 0. The van der Waals surface area contributed by atoms with Gasteiger partial charge in [-0.05, 0) is 18.2 Å². The fourth-order valence-electron chi connectivity index (χ4n) is 4.24. The number of carbonyl (C=O) groups is 1. The van der Waals surface area contributed by atoms with Crippen LogP contribution in [0.1, 0.15) is 10.4 Å². The van der Waals surface area contributed by atoms with Crippen LogP contribution in [0.2, 0.25) is 0 Å². The van der Waals surface area contributed by atoms with Crippen LogP contribution in [0.25, 0.3) is 28.0 Å². The molecule has 1 saturated heterocycles. The van der Waals surface area contributed by atoms with E-state index in [1.807, 2.05) is 70.3 Å². The first-order chi connectivity index (χ1) is 16.8. The van der Waals surface area contributed by atoms with E-state index in [2.05, 4.69) is 25.0 Å². The highest BCUT2D eigenvalue weighted by Gasteiger charge is 2.24. The van der Waals surface area contributed by atoms with Crippen molar-refractivity contribution in [1.82, 2.24) is 29.6 Å². The summed E-state index contributed by atoms with van der Waals surface area (Å²) in [5, 5.41) is 4.99. The van der Waals surface area contributed by atoms with Crippen molar-refractivity contribution >= 4 is 22.6 Å². The molecule has 1 aliphatic heterocycles. The minimum Gasteiger partial charge on any atom is -0.355 e. The first-order valence-electron chi connectivity index (χ1n) is 11.1. The van der Waals surface area contributed by atoms with Gasteiger partial charge in [0.05, 0.1) is 5.39 Å². The topological polar surface area (TPSA) is 93.2 Å². The number of nitrogens with zero attached hydrogens (tertiary/aromatic N) is 7. The van der Waals surface area contributed by atoms with Crippen molar-refractivity contribution in [2.24, 2.45) is 0 Å². The van der Waals surface area contributed by atoms with Gasteiger partial charge in [0.25, 0.3) is 5.91 Å². The number of benzene rings is 2. The van der Waals surface area contributed by atoms with Gasteiger partial charge in [0.2, 0.25) is 0 Å². The summed E-state index contributed by atoms with van der Waals surface area (Å²) in [4.78, 5) is 30.2. The van der Waals surface area contributed by atoms with Crippen LogP contribution in [0, 0.1) is 0 Å². The SMILES string of the molecule is O=C(c1ccc2noc(-c3ccccc3)c2c1)N1CCN(c2cc(-n3ccnc3)ncn2)CC1. The van der Waals surface area contributed by atoms with Crippen molar-refractivity contribution in [2.75, 3.05) is 31.1 Å². The predicted octanol–water partition coefficient (Wildman–Crippen LogP) is 3.43. The predicted molar refractivity (Wildman–Crippen MR) is 127 cm³/mol. The number of hydrogen-bond donors (Lipinski definition) is 0. The molecule has 3 aromatic heterocycles. The van der Waals surface area contributed by atoms with E-state index in [1.165, 1.54) is 0 Å². The number of piperazine rings is 1. The van der Waals surface area contributed by atoms with Gasteiger partial charge in [-0.2, -0.15) is 0 Å². The molecule has 0 radical (unpaired) electrons. The Kier molecular flexibility index (Phi) is 4.99. The normalized spacial score (nSPS) is 14.0. The Morgan fingerprint density at radius 3 is 2.53 bits per heavy atom. The molecule has 9 heteroatoms. The second-order valence-corrected chi connectivity index (χ2v) is 8.09. The Bertz CT molecular complexity index is 1440. The molecule has 0 atom stereocenters. The zero-order chi connectivity index (χ0) is 22.9. The minimum atomic E-state index is 0.00329. The average Bonchev–Trinajstić information content (AvgIpc) is 3.59. The molecule has 0 N–H and O–H groups in total. The number of aromatic nitrogens is 5. The minimum absolute atomic E-state index is 0.00329. The van der Waals surface area contributed by atoms with Crippen LogP contribution in [-0.2, 0) is 0 Å². The lowest BCUT2D eigenvalue weighted by molar-refractivity contribution is 0.0746. The Labute approximate surface area is 195 Å². The van der Waals surface area contributed by atoms with Gasteiger partial charge in [-0.25, -0.2) is 15.0 Å². The molecule has 9 nitrogen and oxygen atoms in total. The second kappa shape index (κ2) is 8.43. The number of fused-ring (bicyclic) bond motifs is 1. The molecule has 0 bridgehead atoms. The van der Waals surface area contributed by atoms with Crippen molar-refractivity contribution in [3.8, 4) is 17.1 Å². The number of carbonyl (C=O) groups excluding carboxylic acids is 1. The van der Waals surface area contributed by atoms with Gasteiger partial charge >= 0.3 is 0 Å². The van der Waals surface area contributed by atoms with E-state index in [9.17, 15) is 4.79 Å². The van der Waals surface area contributed by atoms with Gasteiger partial charge in [0, 0.05) is 55.8 Å². The van der Waals surface area contributed by atoms with Crippen molar-refractivity contribution in [3.63, 3.8) is 0 Å². The van der Waals surface area contributed by atoms with Crippen LogP contribution in [-0.4, -0.2) is 61.7 Å². The smallest absolute Gasteiger partial charge is 0.254 e. The third-order valence-corrected chi connectivity index (χ3v) is 6.06. The molecule has 6 rings (SSSR count). The lowest BCUT2D eigenvalue weighted by atomic mass is 10.1. The van der Waals surface area contributed by atoms with Crippen LogP contribution in [0.4, 0.5) is 5.82 Å². The molecule has 168 valence electrons. The summed E-state index contributed by atoms with van der Waals surface area (Å²) in [6.45, 7) is 2.60. The van der Waals surface area contributed by atoms with Gasteiger partial charge in [-0.15, -0.1) is 0 Å². The maximum atomic E-state index is 13.3. The molecule has 2 aromatic carbocycles. The highest BCUT2D eigenvalue weighted by Crippen LogP contribution is 2.29. The zero-order valence-corrected chi connectivity index (χ0v) is 18.3. The summed E-state index contributed by atoms with van der Waals surface area (Å²) in [5.74, 6) is 2.28. The molecule has 1 amide bonds. The first-order valence-corrected chi connectivity index (χ1v) is 11.1. The van der Waals surface area contributed by atoms with E-state index in [0.717, 1.165) is 28.1 Å². The van der Waals surface area contributed by atoms with Crippen molar-refractivity contribution < 1.29 is 9.32 Å². The standard InChI is InChI=1S/C25H21N7O2/c33-25(19-6-7-21-20(14-19)24(34-29-21)18-4-2-1-3-5-18)31-12-10-30(11-13-31)22-15-23(28-16-27-22)32-9-8-26-17-32/h1-9,14-17H,10-13H2. The Hall–Kier alpha value is -4.53. The van der Waals surface area contributed by atoms with Crippen LogP contribution in [0.15, 0.2) is 84.2 Å². The molecule has 0 saturated carbocycles. The van der Waals surface area contributed by atoms with E-state index < -0.39 is 0 Å². The number of imidazole rings is 1. The lowest BCUT2D eigenvalue weighted by Gasteiger charge is -2.35. The van der Waals surface area contributed by atoms with E-state index in [0.29, 0.717) is 37.5 Å². The van der Waals surface area contributed by atoms with Crippen LogP contribution < -0.4 is 4.90 Å². The molecule has 1 fully saturated rings. The highest BCUT2D eigenvalue weighted by atomic mass is 16.5. The third-order valence-electron chi connectivity index (χ3n) is 6.06. The van der Waals surface area contributed by atoms with Gasteiger partial charge < -0.3 is 14.3 Å². The molecule has 4 heterocycles. The number of rotatable bonds is 4. The van der Waals surface area contributed by atoms with Crippen LogP contribution in [0.5, 0.6) is 0 Å². The molecular formula is C25H21N7O2. The Morgan fingerprint density at radius 1 is 0.912 bits per heavy atom. The third kappa shape index (κ3) is 3.66. The fraction of sp³-hybridized carbons (Fsp3) is 0.160.